The predicted molar refractivity (Wildman–Crippen MR) is 79.9 cm³/mol. The first kappa shape index (κ1) is 17.1. The molecule has 1 amide bonds. The van der Waals surface area contributed by atoms with Gasteiger partial charge in [0.2, 0.25) is 5.88 Å². The van der Waals surface area contributed by atoms with Crippen LogP contribution in [0.2, 0.25) is 0 Å². The normalized spacial score (nSPS) is 12.5. The number of alkyl carbamates (subject to hydrolysis) is 1. The molecule has 0 bridgehead atoms. The average molecular weight is 296 g/mol. The number of ether oxygens (including phenoxy) is 3. The van der Waals surface area contributed by atoms with E-state index in [1.807, 2.05) is 27.7 Å². The fraction of sp³-hybridized carbons (Fsp3) is 0.600. The fourth-order valence-corrected chi connectivity index (χ4v) is 1.75. The van der Waals surface area contributed by atoms with Crippen molar-refractivity contribution in [2.45, 2.75) is 45.8 Å². The van der Waals surface area contributed by atoms with Crippen molar-refractivity contribution in [3.05, 3.63) is 17.8 Å². The van der Waals surface area contributed by atoms with Gasteiger partial charge in [0.05, 0.1) is 19.9 Å². The lowest BCUT2D eigenvalue weighted by molar-refractivity contribution is 0.0991. The van der Waals surface area contributed by atoms with E-state index in [1.165, 1.54) is 0 Å². The Morgan fingerprint density at radius 2 is 1.95 bits per heavy atom. The van der Waals surface area contributed by atoms with Crippen LogP contribution in [0, 0.1) is 0 Å². The molecule has 0 aromatic carbocycles. The minimum Gasteiger partial charge on any atom is -0.495 e. The highest BCUT2D eigenvalue weighted by Gasteiger charge is 2.18. The van der Waals surface area contributed by atoms with Crippen LogP contribution in [-0.2, 0) is 11.2 Å². The summed E-state index contributed by atoms with van der Waals surface area (Å²) in [6, 6.07) is 3.50. The fourth-order valence-electron chi connectivity index (χ4n) is 1.75. The summed E-state index contributed by atoms with van der Waals surface area (Å²) in [5.74, 6) is 1.14. The third kappa shape index (κ3) is 5.89. The molecule has 0 aliphatic rings. The molecule has 0 aliphatic carbocycles. The van der Waals surface area contributed by atoms with Crippen LogP contribution in [-0.4, -0.2) is 36.9 Å². The number of rotatable bonds is 5. The molecule has 0 saturated heterocycles. The number of hydrogen-bond donors (Lipinski definition) is 1. The van der Waals surface area contributed by atoms with Crippen molar-refractivity contribution < 1.29 is 19.0 Å². The molecule has 0 fully saturated rings. The standard InChI is InChI=1S/C15H24N2O4/c1-10(21-14(18)17-15(2,3)4)9-11-12(19-5)7-8-13(16-11)20-6/h7-8,10H,9H2,1-6H3,(H,17,18). The van der Waals surface area contributed by atoms with Crippen molar-refractivity contribution in [3.63, 3.8) is 0 Å². The molecule has 1 aromatic rings. The van der Waals surface area contributed by atoms with E-state index in [0.717, 1.165) is 0 Å². The number of nitrogens with one attached hydrogen (secondary N) is 1. The molecule has 1 rings (SSSR count). The zero-order valence-corrected chi connectivity index (χ0v) is 13.5. The molecule has 1 heterocycles. The zero-order valence-electron chi connectivity index (χ0n) is 13.5. The Hall–Kier alpha value is -1.98. The van der Waals surface area contributed by atoms with Gasteiger partial charge in [-0.15, -0.1) is 0 Å². The van der Waals surface area contributed by atoms with E-state index in [-0.39, 0.29) is 11.6 Å². The Bertz CT molecular complexity index is 483. The van der Waals surface area contributed by atoms with Crippen LogP contribution in [0.15, 0.2) is 12.1 Å². The van der Waals surface area contributed by atoms with Crippen molar-refractivity contribution in [1.82, 2.24) is 10.3 Å². The largest absolute Gasteiger partial charge is 0.495 e. The van der Waals surface area contributed by atoms with Crippen LogP contribution in [0.1, 0.15) is 33.4 Å². The number of pyridine rings is 1. The van der Waals surface area contributed by atoms with Crippen molar-refractivity contribution in [2.75, 3.05) is 14.2 Å². The van der Waals surface area contributed by atoms with Gasteiger partial charge in [0.1, 0.15) is 11.9 Å². The third-order valence-electron chi connectivity index (χ3n) is 2.60. The van der Waals surface area contributed by atoms with Crippen LogP contribution in [0.4, 0.5) is 4.79 Å². The first-order valence-electron chi connectivity index (χ1n) is 6.82. The van der Waals surface area contributed by atoms with Crippen LogP contribution in [0.25, 0.3) is 0 Å². The van der Waals surface area contributed by atoms with Gasteiger partial charge in [-0.25, -0.2) is 9.78 Å². The maximum atomic E-state index is 11.7. The van der Waals surface area contributed by atoms with Crippen LogP contribution in [0.3, 0.4) is 0 Å². The first-order chi connectivity index (χ1) is 9.75. The molecule has 0 aliphatic heterocycles. The smallest absolute Gasteiger partial charge is 0.407 e. The second kappa shape index (κ2) is 7.15. The Labute approximate surface area is 125 Å². The maximum Gasteiger partial charge on any atom is 0.407 e. The quantitative estimate of drug-likeness (QED) is 0.904. The summed E-state index contributed by atoms with van der Waals surface area (Å²) >= 11 is 0. The molecular formula is C15H24N2O4. The highest BCUT2D eigenvalue weighted by Crippen LogP contribution is 2.21. The number of carbonyl (C=O) groups excluding carboxylic acids is 1. The highest BCUT2D eigenvalue weighted by atomic mass is 16.6. The summed E-state index contributed by atoms with van der Waals surface area (Å²) in [7, 11) is 3.13. The number of carbonyl (C=O) groups is 1. The number of aromatic nitrogens is 1. The van der Waals surface area contributed by atoms with Gasteiger partial charge in [0.15, 0.2) is 0 Å². The van der Waals surface area contributed by atoms with Gasteiger partial charge in [0, 0.05) is 18.0 Å². The van der Waals surface area contributed by atoms with E-state index < -0.39 is 6.09 Å². The number of amides is 1. The zero-order chi connectivity index (χ0) is 16.0. The lowest BCUT2D eigenvalue weighted by atomic mass is 10.1. The molecule has 6 nitrogen and oxygen atoms in total. The van der Waals surface area contributed by atoms with Crippen LogP contribution >= 0.6 is 0 Å². The van der Waals surface area contributed by atoms with Gasteiger partial charge in [-0.05, 0) is 33.8 Å². The lowest BCUT2D eigenvalue weighted by Gasteiger charge is -2.22. The van der Waals surface area contributed by atoms with E-state index in [0.29, 0.717) is 23.7 Å². The number of methoxy groups -OCH3 is 2. The summed E-state index contributed by atoms with van der Waals surface area (Å²) in [6.45, 7) is 7.49. The molecular weight excluding hydrogens is 272 g/mol. The summed E-state index contributed by atoms with van der Waals surface area (Å²) in [5.41, 5.74) is 0.357. The molecule has 21 heavy (non-hydrogen) atoms. The van der Waals surface area contributed by atoms with Gasteiger partial charge < -0.3 is 19.5 Å². The van der Waals surface area contributed by atoms with Crippen LogP contribution in [0.5, 0.6) is 11.6 Å². The van der Waals surface area contributed by atoms with E-state index >= 15 is 0 Å². The van der Waals surface area contributed by atoms with Gasteiger partial charge >= 0.3 is 6.09 Å². The topological polar surface area (TPSA) is 69.7 Å². The summed E-state index contributed by atoms with van der Waals surface area (Å²) in [6.07, 6.45) is -0.337. The molecule has 1 atom stereocenters. The second-order valence-electron chi connectivity index (χ2n) is 5.80. The molecule has 6 heteroatoms. The molecule has 1 N–H and O–H groups in total. The van der Waals surface area contributed by atoms with Crippen LogP contribution < -0.4 is 14.8 Å². The van der Waals surface area contributed by atoms with Crippen molar-refractivity contribution in [2.24, 2.45) is 0 Å². The van der Waals surface area contributed by atoms with Gasteiger partial charge in [0.25, 0.3) is 0 Å². The van der Waals surface area contributed by atoms with Gasteiger partial charge in [-0.1, -0.05) is 0 Å². The summed E-state index contributed by atoms with van der Waals surface area (Å²) in [5, 5.41) is 2.75. The minimum atomic E-state index is -0.447. The Kier molecular flexibility index (Phi) is 5.81. The molecule has 1 unspecified atom stereocenters. The number of nitrogens with zero attached hydrogens (tertiary/aromatic N) is 1. The highest BCUT2D eigenvalue weighted by molar-refractivity contribution is 5.68. The van der Waals surface area contributed by atoms with Gasteiger partial charge in [-0.3, -0.25) is 0 Å². The van der Waals surface area contributed by atoms with Crippen molar-refractivity contribution in [1.29, 1.82) is 0 Å². The Morgan fingerprint density at radius 1 is 1.29 bits per heavy atom. The monoisotopic (exact) mass is 296 g/mol. The van der Waals surface area contributed by atoms with E-state index in [9.17, 15) is 4.79 Å². The Balaban J connectivity index is 2.69. The third-order valence-corrected chi connectivity index (χ3v) is 2.60. The van der Waals surface area contributed by atoms with E-state index in [1.54, 1.807) is 26.4 Å². The molecule has 0 saturated carbocycles. The first-order valence-corrected chi connectivity index (χ1v) is 6.82. The molecule has 0 spiro atoms. The SMILES string of the molecule is COc1ccc(OC)c(CC(C)OC(=O)NC(C)(C)C)n1. The number of hydrogen-bond acceptors (Lipinski definition) is 5. The predicted octanol–water partition coefficient (Wildman–Crippen LogP) is 2.55. The summed E-state index contributed by atoms with van der Waals surface area (Å²) < 4.78 is 15.7. The maximum absolute atomic E-state index is 11.7. The molecule has 118 valence electrons. The van der Waals surface area contributed by atoms with Crippen molar-refractivity contribution >= 4 is 6.09 Å². The lowest BCUT2D eigenvalue weighted by Crippen LogP contribution is -2.42. The molecule has 1 aromatic heterocycles. The average Bonchev–Trinajstić information content (AvgIpc) is 2.35. The second-order valence-corrected chi connectivity index (χ2v) is 5.80. The molecule has 0 radical (unpaired) electrons. The van der Waals surface area contributed by atoms with Gasteiger partial charge in [-0.2, -0.15) is 0 Å². The van der Waals surface area contributed by atoms with Crippen molar-refractivity contribution in [3.8, 4) is 11.6 Å². The van der Waals surface area contributed by atoms with E-state index in [2.05, 4.69) is 10.3 Å². The minimum absolute atomic E-state index is 0.331. The summed E-state index contributed by atoms with van der Waals surface area (Å²) in [4.78, 5) is 16.1. The van der Waals surface area contributed by atoms with E-state index in [4.69, 9.17) is 14.2 Å². The Morgan fingerprint density at radius 3 is 2.48 bits per heavy atom.